The van der Waals surface area contributed by atoms with Crippen molar-refractivity contribution < 1.29 is 9.53 Å². The molecule has 4 heteroatoms. The van der Waals surface area contributed by atoms with Gasteiger partial charge in [-0.1, -0.05) is 0 Å². The summed E-state index contributed by atoms with van der Waals surface area (Å²) in [5.41, 5.74) is 0. The average molecular weight is 172 g/mol. The summed E-state index contributed by atoms with van der Waals surface area (Å²) in [5.74, 6) is 0.122. The molecule has 0 aliphatic carbocycles. The van der Waals surface area contributed by atoms with E-state index in [-0.39, 0.29) is 11.9 Å². The highest BCUT2D eigenvalue weighted by Crippen LogP contribution is 1.97. The molecule has 1 atom stereocenters. The van der Waals surface area contributed by atoms with E-state index in [4.69, 9.17) is 4.74 Å². The van der Waals surface area contributed by atoms with Crippen molar-refractivity contribution in [2.45, 2.75) is 13.0 Å². The summed E-state index contributed by atoms with van der Waals surface area (Å²) in [4.78, 5) is 13.2. The molecule has 70 valence electrons. The van der Waals surface area contributed by atoms with Crippen LogP contribution >= 0.6 is 0 Å². The van der Waals surface area contributed by atoms with Gasteiger partial charge in [0.25, 0.3) is 0 Å². The molecule has 0 radical (unpaired) electrons. The second-order valence-electron chi connectivity index (χ2n) is 2.93. The van der Waals surface area contributed by atoms with Gasteiger partial charge in [-0.25, -0.2) is 0 Å². The van der Waals surface area contributed by atoms with Crippen LogP contribution in [0.15, 0.2) is 0 Å². The van der Waals surface area contributed by atoms with Crippen molar-refractivity contribution in [2.75, 3.05) is 33.4 Å². The van der Waals surface area contributed by atoms with Crippen molar-refractivity contribution in [3.8, 4) is 0 Å². The number of ether oxygens (including phenoxy) is 1. The fourth-order valence-electron chi connectivity index (χ4n) is 1.15. The molecule has 4 nitrogen and oxygen atoms in total. The molecule has 1 unspecified atom stereocenters. The quantitative estimate of drug-likeness (QED) is 0.608. The fourth-order valence-corrected chi connectivity index (χ4v) is 1.15. The second kappa shape index (κ2) is 4.42. The molecule has 12 heavy (non-hydrogen) atoms. The maximum Gasteiger partial charge on any atom is 0.241 e. The highest BCUT2D eigenvalue weighted by atomic mass is 16.5. The van der Waals surface area contributed by atoms with Gasteiger partial charge in [0, 0.05) is 20.1 Å². The van der Waals surface area contributed by atoms with E-state index in [1.54, 1.807) is 11.9 Å². The Labute approximate surface area is 72.9 Å². The van der Waals surface area contributed by atoms with Crippen molar-refractivity contribution >= 4 is 5.91 Å². The summed E-state index contributed by atoms with van der Waals surface area (Å²) in [7, 11) is 1.80. The third-order valence-corrected chi connectivity index (χ3v) is 2.07. The second-order valence-corrected chi connectivity index (χ2v) is 2.93. The van der Waals surface area contributed by atoms with Gasteiger partial charge < -0.3 is 15.0 Å². The molecule has 1 rings (SSSR count). The van der Waals surface area contributed by atoms with Gasteiger partial charge >= 0.3 is 0 Å². The summed E-state index contributed by atoms with van der Waals surface area (Å²) in [6, 6.07) is -0.135. The van der Waals surface area contributed by atoms with E-state index in [1.165, 1.54) is 0 Å². The van der Waals surface area contributed by atoms with Crippen LogP contribution in [0.3, 0.4) is 0 Å². The summed E-state index contributed by atoms with van der Waals surface area (Å²) < 4.78 is 5.19. The molecule has 0 aromatic rings. The minimum Gasteiger partial charge on any atom is -0.378 e. The Morgan fingerprint density at radius 2 is 2.50 bits per heavy atom. The van der Waals surface area contributed by atoms with Gasteiger partial charge in [0.15, 0.2) is 0 Å². The van der Waals surface area contributed by atoms with Crippen LogP contribution in [0.5, 0.6) is 0 Å². The number of nitrogens with one attached hydrogen (secondary N) is 1. The van der Waals surface area contributed by atoms with Gasteiger partial charge in [0.05, 0.1) is 13.2 Å². The lowest BCUT2D eigenvalue weighted by molar-refractivity contribution is -0.134. The molecular weight excluding hydrogens is 156 g/mol. The van der Waals surface area contributed by atoms with Gasteiger partial charge in [0.1, 0.15) is 6.04 Å². The Balaban J connectivity index is 2.39. The Morgan fingerprint density at radius 3 is 3.00 bits per heavy atom. The number of hydrogen-bond acceptors (Lipinski definition) is 3. The molecule has 0 saturated carbocycles. The monoisotopic (exact) mass is 172 g/mol. The zero-order valence-corrected chi connectivity index (χ0v) is 7.67. The lowest BCUT2D eigenvalue weighted by atomic mass is 10.2. The fraction of sp³-hybridized carbons (Fsp3) is 0.875. The van der Waals surface area contributed by atoms with Crippen molar-refractivity contribution in [1.29, 1.82) is 0 Å². The van der Waals surface area contributed by atoms with Gasteiger partial charge in [-0.3, -0.25) is 4.79 Å². The predicted octanol–water partition coefficient (Wildman–Crippen LogP) is -0.547. The highest BCUT2D eigenvalue weighted by Gasteiger charge is 2.22. The van der Waals surface area contributed by atoms with E-state index in [0.717, 1.165) is 13.1 Å². The SMILES string of the molecule is CCN(C)C(=O)C1COCCN1. The van der Waals surface area contributed by atoms with Crippen molar-refractivity contribution in [3.05, 3.63) is 0 Å². The van der Waals surface area contributed by atoms with Gasteiger partial charge in [-0.15, -0.1) is 0 Å². The smallest absolute Gasteiger partial charge is 0.241 e. The summed E-state index contributed by atoms with van der Waals surface area (Å²) in [5, 5.41) is 3.12. The Kier molecular flexibility index (Phi) is 3.49. The van der Waals surface area contributed by atoms with E-state index >= 15 is 0 Å². The van der Waals surface area contributed by atoms with Crippen LogP contribution in [0.4, 0.5) is 0 Å². The van der Waals surface area contributed by atoms with Crippen molar-refractivity contribution in [1.82, 2.24) is 10.2 Å². The van der Waals surface area contributed by atoms with Crippen LogP contribution in [0.2, 0.25) is 0 Å². The van der Waals surface area contributed by atoms with E-state index < -0.39 is 0 Å². The zero-order valence-electron chi connectivity index (χ0n) is 7.67. The molecular formula is C8H16N2O2. The van der Waals surface area contributed by atoms with Gasteiger partial charge in [-0.05, 0) is 6.92 Å². The Hall–Kier alpha value is -0.610. The topological polar surface area (TPSA) is 41.6 Å². The zero-order chi connectivity index (χ0) is 8.97. The maximum atomic E-state index is 11.5. The molecule has 1 aliphatic heterocycles. The van der Waals surface area contributed by atoms with Crippen molar-refractivity contribution in [2.24, 2.45) is 0 Å². The first-order chi connectivity index (χ1) is 5.75. The number of carbonyl (C=O) groups excluding carboxylic acids is 1. The van der Waals surface area contributed by atoms with Crippen LogP contribution in [0.1, 0.15) is 6.92 Å². The van der Waals surface area contributed by atoms with Gasteiger partial charge in [0.2, 0.25) is 5.91 Å². The Bertz CT molecular complexity index is 155. The third-order valence-electron chi connectivity index (χ3n) is 2.07. The predicted molar refractivity (Wildman–Crippen MR) is 45.9 cm³/mol. The first-order valence-corrected chi connectivity index (χ1v) is 4.31. The molecule has 0 aromatic carbocycles. The summed E-state index contributed by atoms with van der Waals surface area (Å²) in [6.07, 6.45) is 0. The van der Waals surface area contributed by atoms with Crippen LogP contribution in [-0.4, -0.2) is 50.2 Å². The van der Waals surface area contributed by atoms with Crippen LogP contribution in [0, 0.1) is 0 Å². The third kappa shape index (κ3) is 2.19. The number of nitrogens with zero attached hydrogens (tertiary/aromatic N) is 1. The normalized spacial score (nSPS) is 23.7. The largest absolute Gasteiger partial charge is 0.378 e. The number of carbonyl (C=O) groups is 1. The first kappa shape index (κ1) is 9.48. The van der Waals surface area contributed by atoms with E-state index in [9.17, 15) is 4.79 Å². The lowest BCUT2D eigenvalue weighted by Gasteiger charge is -2.26. The molecule has 1 heterocycles. The van der Waals surface area contributed by atoms with Crippen LogP contribution < -0.4 is 5.32 Å². The van der Waals surface area contributed by atoms with Crippen LogP contribution in [-0.2, 0) is 9.53 Å². The molecule has 1 N–H and O–H groups in total. The standard InChI is InChI=1S/C8H16N2O2/c1-3-10(2)8(11)7-6-12-5-4-9-7/h7,9H,3-6H2,1-2H3. The van der Waals surface area contributed by atoms with E-state index in [1.807, 2.05) is 6.92 Å². The number of rotatable bonds is 2. The molecule has 1 amide bonds. The molecule has 0 spiro atoms. The number of likely N-dealkylation sites (N-methyl/N-ethyl adjacent to an activating group) is 1. The van der Waals surface area contributed by atoms with Gasteiger partial charge in [-0.2, -0.15) is 0 Å². The minimum absolute atomic E-state index is 0.122. The molecule has 1 fully saturated rings. The minimum atomic E-state index is -0.135. The molecule has 1 saturated heterocycles. The Morgan fingerprint density at radius 1 is 1.75 bits per heavy atom. The number of amides is 1. The first-order valence-electron chi connectivity index (χ1n) is 4.31. The molecule has 1 aliphatic rings. The summed E-state index contributed by atoms with van der Waals surface area (Å²) >= 11 is 0. The lowest BCUT2D eigenvalue weighted by Crippen LogP contribution is -2.51. The average Bonchev–Trinajstić information content (AvgIpc) is 2.17. The number of hydrogen-bond donors (Lipinski definition) is 1. The molecule has 0 bridgehead atoms. The van der Waals surface area contributed by atoms with E-state index in [0.29, 0.717) is 13.2 Å². The summed E-state index contributed by atoms with van der Waals surface area (Å²) in [6.45, 7) is 4.69. The van der Waals surface area contributed by atoms with E-state index in [2.05, 4.69) is 5.32 Å². The number of morpholine rings is 1. The van der Waals surface area contributed by atoms with Crippen LogP contribution in [0.25, 0.3) is 0 Å². The highest BCUT2D eigenvalue weighted by molar-refractivity contribution is 5.81. The van der Waals surface area contributed by atoms with Crippen molar-refractivity contribution in [3.63, 3.8) is 0 Å². The molecule has 0 aromatic heterocycles. The maximum absolute atomic E-state index is 11.5.